The van der Waals surface area contributed by atoms with E-state index < -0.39 is 0 Å². The van der Waals surface area contributed by atoms with Crippen LogP contribution in [-0.2, 0) is 11.2 Å². The molecule has 102 valence electrons. The van der Waals surface area contributed by atoms with Gasteiger partial charge in [0.2, 0.25) is 5.91 Å². The van der Waals surface area contributed by atoms with Gasteiger partial charge in [0.25, 0.3) is 0 Å². The van der Waals surface area contributed by atoms with Crippen molar-refractivity contribution in [1.29, 1.82) is 0 Å². The SMILES string of the molecule is NC(CC1CCCC1)c1ccc2c(c1)CCC(=O)N2. The van der Waals surface area contributed by atoms with Gasteiger partial charge >= 0.3 is 0 Å². The van der Waals surface area contributed by atoms with Crippen molar-refractivity contribution in [3.8, 4) is 0 Å². The molecule has 1 aromatic rings. The van der Waals surface area contributed by atoms with E-state index in [4.69, 9.17) is 5.73 Å². The summed E-state index contributed by atoms with van der Waals surface area (Å²) in [7, 11) is 0. The van der Waals surface area contributed by atoms with Crippen molar-refractivity contribution < 1.29 is 4.79 Å². The first-order valence-corrected chi connectivity index (χ1v) is 7.40. The van der Waals surface area contributed by atoms with Gasteiger partial charge in [0, 0.05) is 18.2 Å². The van der Waals surface area contributed by atoms with Crippen molar-refractivity contribution in [2.75, 3.05) is 5.32 Å². The molecule has 19 heavy (non-hydrogen) atoms. The number of fused-ring (bicyclic) bond motifs is 1. The lowest BCUT2D eigenvalue weighted by Crippen LogP contribution is -2.20. The van der Waals surface area contributed by atoms with E-state index in [1.165, 1.54) is 36.8 Å². The Labute approximate surface area is 114 Å². The van der Waals surface area contributed by atoms with Gasteiger partial charge < -0.3 is 11.1 Å². The maximum atomic E-state index is 11.3. The van der Waals surface area contributed by atoms with E-state index >= 15 is 0 Å². The highest BCUT2D eigenvalue weighted by atomic mass is 16.1. The fourth-order valence-corrected chi connectivity index (χ4v) is 3.38. The second-order valence-electron chi connectivity index (χ2n) is 5.96. The highest BCUT2D eigenvalue weighted by Gasteiger charge is 2.20. The van der Waals surface area contributed by atoms with Crippen LogP contribution in [0.4, 0.5) is 5.69 Å². The average Bonchev–Trinajstić information content (AvgIpc) is 2.91. The lowest BCUT2D eigenvalue weighted by molar-refractivity contribution is -0.116. The highest BCUT2D eigenvalue weighted by Crippen LogP contribution is 2.33. The fraction of sp³-hybridized carbons (Fsp3) is 0.562. The topological polar surface area (TPSA) is 55.1 Å². The van der Waals surface area contributed by atoms with E-state index in [1.807, 2.05) is 6.07 Å². The third kappa shape index (κ3) is 2.81. The Morgan fingerprint density at radius 3 is 2.84 bits per heavy atom. The second kappa shape index (κ2) is 5.33. The molecule has 2 aliphatic rings. The molecule has 1 atom stereocenters. The minimum absolute atomic E-state index is 0.121. The molecule has 0 radical (unpaired) electrons. The average molecular weight is 258 g/mol. The minimum Gasteiger partial charge on any atom is -0.326 e. The van der Waals surface area contributed by atoms with Gasteiger partial charge in [-0.1, -0.05) is 37.8 Å². The molecule has 1 saturated carbocycles. The number of aryl methyl sites for hydroxylation is 1. The van der Waals surface area contributed by atoms with E-state index in [1.54, 1.807) is 0 Å². The number of hydrogen-bond donors (Lipinski definition) is 2. The van der Waals surface area contributed by atoms with Crippen LogP contribution < -0.4 is 11.1 Å². The summed E-state index contributed by atoms with van der Waals surface area (Å²) in [5.41, 5.74) is 9.77. The van der Waals surface area contributed by atoms with Crippen LogP contribution in [0.25, 0.3) is 0 Å². The number of rotatable bonds is 3. The maximum Gasteiger partial charge on any atom is 0.224 e. The van der Waals surface area contributed by atoms with E-state index in [9.17, 15) is 4.79 Å². The molecule has 1 fully saturated rings. The van der Waals surface area contributed by atoms with Crippen LogP contribution in [0.2, 0.25) is 0 Å². The summed E-state index contributed by atoms with van der Waals surface area (Å²) in [4.78, 5) is 11.3. The first-order chi connectivity index (χ1) is 9.22. The van der Waals surface area contributed by atoms with Crippen molar-refractivity contribution >= 4 is 11.6 Å². The van der Waals surface area contributed by atoms with Gasteiger partial charge in [-0.05, 0) is 36.0 Å². The molecule has 0 aromatic heterocycles. The summed E-state index contributed by atoms with van der Waals surface area (Å²) in [6.07, 6.45) is 7.95. The smallest absolute Gasteiger partial charge is 0.224 e. The lowest BCUT2D eigenvalue weighted by Gasteiger charge is -2.21. The van der Waals surface area contributed by atoms with E-state index in [0.29, 0.717) is 6.42 Å². The Balaban J connectivity index is 1.72. The molecule has 1 aliphatic carbocycles. The number of anilines is 1. The first-order valence-electron chi connectivity index (χ1n) is 7.40. The van der Waals surface area contributed by atoms with Crippen LogP contribution in [0.5, 0.6) is 0 Å². The van der Waals surface area contributed by atoms with Crippen LogP contribution in [0.3, 0.4) is 0 Å². The Morgan fingerprint density at radius 2 is 2.05 bits per heavy atom. The standard InChI is InChI=1S/C16H22N2O/c17-14(9-11-3-1-2-4-11)12-5-7-15-13(10-12)6-8-16(19)18-15/h5,7,10-11,14H,1-4,6,8-9,17H2,(H,18,19). The fourth-order valence-electron chi connectivity index (χ4n) is 3.38. The van der Waals surface area contributed by atoms with Crippen LogP contribution in [0, 0.1) is 5.92 Å². The molecule has 1 aliphatic heterocycles. The van der Waals surface area contributed by atoms with Gasteiger partial charge in [-0.15, -0.1) is 0 Å². The van der Waals surface area contributed by atoms with Gasteiger partial charge in [0.1, 0.15) is 0 Å². The zero-order valence-electron chi connectivity index (χ0n) is 11.3. The predicted octanol–water partition coefficient (Wildman–Crippen LogP) is 3.15. The zero-order valence-corrected chi connectivity index (χ0v) is 11.3. The highest BCUT2D eigenvalue weighted by molar-refractivity contribution is 5.93. The van der Waals surface area contributed by atoms with Gasteiger partial charge in [0.05, 0.1) is 0 Å². The van der Waals surface area contributed by atoms with Crippen molar-refractivity contribution in [2.24, 2.45) is 11.7 Å². The summed E-state index contributed by atoms with van der Waals surface area (Å²) >= 11 is 0. The van der Waals surface area contributed by atoms with Gasteiger partial charge in [0.15, 0.2) is 0 Å². The predicted molar refractivity (Wildman–Crippen MR) is 76.9 cm³/mol. The molecule has 3 rings (SSSR count). The molecule has 1 aromatic carbocycles. The number of carbonyl (C=O) groups excluding carboxylic acids is 1. The van der Waals surface area contributed by atoms with Crippen LogP contribution in [0.15, 0.2) is 18.2 Å². The summed E-state index contributed by atoms with van der Waals surface area (Å²) in [5.74, 6) is 0.932. The Bertz CT molecular complexity index is 478. The lowest BCUT2D eigenvalue weighted by atomic mass is 9.91. The molecule has 0 bridgehead atoms. The van der Waals surface area contributed by atoms with Crippen molar-refractivity contribution in [2.45, 2.75) is 51.0 Å². The van der Waals surface area contributed by atoms with E-state index in [-0.39, 0.29) is 11.9 Å². The molecule has 0 spiro atoms. The Hall–Kier alpha value is -1.35. The van der Waals surface area contributed by atoms with Crippen molar-refractivity contribution in [3.05, 3.63) is 29.3 Å². The summed E-state index contributed by atoms with van der Waals surface area (Å²) in [6.45, 7) is 0. The molecular weight excluding hydrogens is 236 g/mol. The quantitative estimate of drug-likeness (QED) is 0.875. The molecule has 0 saturated heterocycles. The molecular formula is C16H22N2O. The largest absolute Gasteiger partial charge is 0.326 e. The number of nitrogens with one attached hydrogen (secondary N) is 1. The Morgan fingerprint density at radius 1 is 1.26 bits per heavy atom. The van der Waals surface area contributed by atoms with E-state index in [0.717, 1.165) is 24.4 Å². The molecule has 3 heteroatoms. The molecule has 1 amide bonds. The normalized spacial score (nSPS) is 21.0. The number of benzene rings is 1. The van der Waals surface area contributed by atoms with Crippen molar-refractivity contribution in [1.82, 2.24) is 0 Å². The number of amides is 1. The van der Waals surface area contributed by atoms with Crippen LogP contribution >= 0.6 is 0 Å². The number of carbonyl (C=O) groups is 1. The molecule has 3 N–H and O–H groups in total. The maximum absolute atomic E-state index is 11.3. The molecule has 3 nitrogen and oxygen atoms in total. The summed E-state index contributed by atoms with van der Waals surface area (Å²) in [5, 5.41) is 2.92. The zero-order chi connectivity index (χ0) is 13.2. The minimum atomic E-state index is 0.121. The first kappa shape index (κ1) is 12.7. The Kier molecular flexibility index (Phi) is 3.56. The third-order valence-electron chi connectivity index (χ3n) is 4.51. The van der Waals surface area contributed by atoms with Crippen LogP contribution in [0.1, 0.15) is 55.7 Å². The molecule has 1 heterocycles. The van der Waals surface area contributed by atoms with Gasteiger partial charge in [-0.2, -0.15) is 0 Å². The molecule has 1 unspecified atom stereocenters. The monoisotopic (exact) mass is 258 g/mol. The third-order valence-corrected chi connectivity index (χ3v) is 4.51. The van der Waals surface area contributed by atoms with Crippen LogP contribution in [-0.4, -0.2) is 5.91 Å². The number of nitrogens with two attached hydrogens (primary N) is 1. The van der Waals surface area contributed by atoms with Gasteiger partial charge in [-0.3, -0.25) is 4.79 Å². The van der Waals surface area contributed by atoms with E-state index in [2.05, 4.69) is 17.4 Å². The summed E-state index contributed by atoms with van der Waals surface area (Å²) < 4.78 is 0. The summed E-state index contributed by atoms with van der Waals surface area (Å²) in [6, 6.07) is 6.42. The second-order valence-corrected chi connectivity index (χ2v) is 5.96. The van der Waals surface area contributed by atoms with Crippen molar-refractivity contribution in [3.63, 3.8) is 0 Å². The number of hydrogen-bond acceptors (Lipinski definition) is 2. The van der Waals surface area contributed by atoms with Gasteiger partial charge in [-0.25, -0.2) is 0 Å².